The molecule has 4 aromatic heterocycles. The Morgan fingerprint density at radius 3 is 2.73 bits per heavy atom. The third-order valence-electron chi connectivity index (χ3n) is 5.85. The molecule has 5 rings (SSSR count). The van der Waals surface area contributed by atoms with E-state index in [-0.39, 0.29) is 17.5 Å². The third kappa shape index (κ3) is 4.05. The van der Waals surface area contributed by atoms with Crippen molar-refractivity contribution in [2.45, 2.75) is 25.8 Å². The number of nitrogens with one attached hydrogen (secondary N) is 1. The Labute approximate surface area is 193 Å². The lowest BCUT2D eigenvalue weighted by molar-refractivity contribution is 0.0696. The lowest BCUT2D eigenvalue weighted by Crippen LogP contribution is -2.36. The summed E-state index contributed by atoms with van der Waals surface area (Å²) in [6.45, 7) is 3.30. The Bertz CT molecular complexity index is 1330. The zero-order valence-electron chi connectivity index (χ0n) is 17.9. The van der Waals surface area contributed by atoms with Gasteiger partial charge >= 0.3 is 5.97 Å². The number of piperidine rings is 1. The maximum atomic E-state index is 12.3. The topological polar surface area (TPSA) is 113 Å². The van der Waals surface area contributed by atoms with Crippen molar-refractivity contribution in [3.63, 3.8) is 0 Å². The summed E-state index contributed by atoms with van der Waals surface area (Å²) in [5, 5.41) is 14.3. The minimum Gasteiger partial charge on any atom is -0.478 e. The van der Waals surface area contributed by atoms with Gasteiger partial charge in [-0.15, -0.1) is 11.3 Å². The van der Waals surface area contributed by atoms with E-state index in [1.54, 1.807) is 18.3 Å². The Morgan fingerprint density at radius 2 is 2.00 bits per heavy atom. The van der Waals surface area contributed by atoms with Gasteiger partial charge in [-0.25, -0.2) is 19.7 Å². The fourth-order valence-corrected chi connectivity index (χ4v) is 4.97. The molecule has 10 heteroatoms. The fourth-order valence-electron chi connectivity index (χ4n) is 4.35. The van der Waals surface area contributed by atoms with E-state index in [1.807, 2.05) is 29.3 Å². The summed E-state index contributed by atoms with van der Waals surface area (Å²) in [5.41, 5.74) is 2.19. The second-order valence-electron chi connectivity index (χ2n) is 7.93. The standard InChI is InChI=1S/C23H22N6O3S/c1-14-26-18-4-2-8-24-21(18)29(14)16-6-9-28(10-7-16)20-17(23(31)32)12-15(13-25-20)27-22(30)19-5-3-11-33-19/h2-5,8,11-13,16H,6-7,9-10H2,1H3,(H,27,30)(H,31,32). The number of hydrogen-bond donors (Lipinski definition) is 2. The Kier molecular flexibility index (Phi) is 5.51. The lowest BCUT2D eigenvalue weighted by atomic mass is 10.0. The summed E-state index contributed by atoms with van der Waals surface area (Å²) < 4.78 is 2.18. The van der Waals surface area contributed by atoms with Gasteiger partial charge < -0.3 is 19.9 Å². The lowest BCUT2D eigenvalue weighted by Gasteiger charge is -2.34. The van der Waals surface area contributed by atoms with E-state index in [4.69, 9.17) is 0 Å². The molecule has 1 aliphatic rings. The minimum atomic E-state index is -1.08. The Balaban J connectivity index is 1.34. The van der Waals surface area contributed by atoms with Crippen LogP contribution in [0.4, 0.5) is 11.5 Å². The van der Waals surface area contributed by atoms with Crippen LogP contribution in [-0.2, 0) is 0 Å². The van der Waals surface area contributed by atoms with Crippen LogP contribution in [0.1, 0.15) is 44.7 Å². The first-order chi connectivity index (χ1) is 16.0. The number of carboxylic acid groups (broad SMARTS) is 1. The molecule has 0 aliphatic carbocycles. The summed E-state index contributed by atoms with van der Waals surface area (Å²) in [6.07, 6.45) is 4.93. The van der Waals surface area contributed by atoms with Gasteiger partial charge in [0, 0.05) is 25.3 Å². The molecule has 1 aliphatic heterocycles. The molecule has 0 radical (unpaired) electrons. The molecule has 33 heavy (non-hydrogen) atoms. The molecular formula is C23H22N6O3S. The number of pyridine rings is 2. The molecule has 9 nitrogen and oxygen atoms in total. The minimum absolute atomic E-state index is 0.0726. The van der Waals surface area contributed by atoms with E-state index in [9.17, 15) is 14.7 Å². The van der Waals surface area contributed by atoms with Crippen molar-refractivity contribution in [1.29, 1.82) is 0 Å². The third-order valence-corrected chi connectivity index (χ3v) is 6.72. The molecule has 1 fully saturated rings. The van der Waals surface area contributed by atoms with E-state index in [1.165, 1.54) is 23.6 Å². The molecule has 4 aromatic rings. The number of imidazole rings is 1. The van der Waals surface area contributed by atoms with E-state index in [0.717, 1.165) is 29.8 Å². The van der Waals surface area contributed by atoms with E-state index in [0.29, 0.717) is 29.5 Å². The van der Waals surface area contributed by atoms with Crippen LogP contribution in [-0.4, -0.2) is 49.6 Å². The van der Waals surface area contributed by atoms with Crippen molar-refractivity contribution in [2.75, 3.05) is 23.3 Å². The van der Waals surface area contributed by atoms with Crippen LogP contribution in [0.25, 0.3) is 11.2 Å². The largest absolute Gasteiger partial charge is 0.478 e. The Morgan fingerprint density at radius 1 is 1.18 bits per heavy atom. The van der Waals surface area contributed by atoms with Gasteiger partial charge in [0.15, 0.2) is 5.65 Å². The highest BCUT2D eigenvalue weighted by Gasteiger charge is 2.27. The van der Waals surface area contributed by atoms with Crippen LogP contribution in [0, 0.1) is 6.92 Å². The van der Waals surface area contributed by atoms with Crippen molar-refractivity contribution < 1.29 is 14.7 Å². The van der Waals surface area contributed by atoms with Crippen molar-refractivity contribution >= 4 is 45.9 Å². The maximum Gasteiger partial charge on any atom is 0.339 e. The van der Waals surface area contributed by atoms with Gasteiger partial charge in [0.05, 0.1) is 16.8 Å². The molecule has 168 valence electrons. The van der Waals surface area contributed by atoms with Crippen molar-refractivity contribution in [3.05, 3.63) is 64.4 Å². The SMILES string of the molecule is Cc1nc2cccnc2n1C1CCN(c2ncc(NC(=O)c3cccs3)cc2C(=O)O)CC1. The molecule has 2 N–H and O–H groups in total. The molecule has 0 unspecified atom stereocenters. The van der Waals surface area contributed by atoms with Crippen LogP contribution < -0.4 is 10.2 Å². The molecule has 0 atom stereocenters. The first kappa shape index (κ1) is 21.1. The van der Waals surface area contributed by atoms with E-state index < -0.39 is 5.97 Å². The number of carbonyl (C=O) groups is 2. The monoisotopic (exact) mass is 462 g/mol. The average Bonchev–Trinajstić information content (AvgIpc) is 3.47. The van der Waals surface area contributed by atoms with E-state index >= 15 is 0 Å². The first-order valence-corrected chi connectivity index (χ1v) is 11.5. The predicted molar refractivity (Wildman–Crippen MR) is 126 cm³/mol. The Hall–Kier alpha value is -3.79. The summed E-state index contributed by atoms with van der Waals surface area (Å²) in [5.74, 6) is -0.0153. The number of fused-ring (bicyclic) bond motifs is 1. The van der Waals surface area contributed by atoms with Crippen molar-refractivity contribution in [2.24, 2.45) is 0 Å². The summed E-state index contributed by atoms with van der Waals surface area (Å²) in [7, 11) is 0. The molecule has 0 aromatic carbocycles. The summed E-state index contributed by atoms with van der Waals surface area (Å²) in [6, 6.07) is 9.05. The second-order valence-corrected chi connectivity index (χ2v) is 8.87. The van der Waals surface area contributed by atoms with E-state index in [2.05, 4.69) is 24.8 Å². The number of carboxylic acids is 1. The molecule has 1 amide bonds. The number of aryl methyl sites for hydroxylation is 1. The number of amides is 1. The van der Waals surface area contributed by atoms with Crippen LogP contribution in [0.2, 0.25) is 0 Å². The molecule has 1 saturated heterocycles. The number of nitrogens with zero attached hydrogens (tertiary/aromatic N) is 5. The van der Waals surface area contributed by atoms with Crippen LogP contribution in [0.15, 0.2) is 48.1 Å². The van der Waals surface area contributed by atoms with Crippen molar-refractivity contribution in [3.8, 4) is 0 Å². The highest BCUT2D eigenvalue weighted by molar-refractivity contribution is 7.12. The highest BCUT2D eigenvalue weighted by Crippen LogP contribution is 2.31. The van der Waals surface area contributed by atoms with Gasteiger partial charge in [-0.2, -0.15) is 0 Å². The quantitative estimate of drug-likeness (QED) is 0.461. The van der Waals surface area contributed by atoms with Gasteiger partial charge in [0.25, 0.3) is 5.91 Å². The first-order valence-electron chi connectivity index (χ1n) is 10.6. The van der Waals surface area contributed by atoms with Gasteiger partial charge in [-0.1, -0.05) is 6.07 Å². The molecule has 0 saturated carbocycles. The zero-order valence-corrected chi connectivity index (χ0v) is 18.7. The maximum absolute atomic E-state index is 12.3. The van der Waals surface area contributed by atoms with Crippen LogP contribution >= 0.6 is 11.3 Å². The smallest absolute Gasteiger partial charge is 0.339 e. The predicted octanol–water partition coefficient (Wildman–Crippen LogP) is 3.99. The number of aromatic carboxylic acids is 1. The van der Waals surface area contributed by atoms with Gasteiger partial charge in [-0.3, -0.25) is 4.79 Å². The highest BCUT2D eigenvalue weighted by atomic mass is 32.1. The fraction of sp³-hybridized carbons (Fsp3) is 0.261. The summed E-state index contributed by atoms with van der Waals surface area (Å²) >= 11 is 1.32. The zero-order chi connectivity index (χ0) is 22.9. The number of hydrogen-bond acceptors (Lipinski definition) is 7. The number of thiophene rings is 1. The second kappa shape index (κ2) is 8.62. The molecule has 5 heterocycles. The molecule has 0 spiro atoms. The number of carbonyl (C=O) groups excluding carboxylic acids is 1. The van der Waals surface area contributed by atoms with Gasteiger partial charge in [-0.05, 0) is 49.4 Å². The van der Waals surface area contributed by atoms with Crippen molar-refractivity contribution in [1.82, 2.24) is 19.5 Å². The number of anilines is 2. The molecular weight excluding hydrogens is 440 g/mol. The number of rotatable bonds is 5. The molecule has 0 bridgehead atoms. The van der Waals surface area contributed by atoms with Crippen LogP contribution in [0.5, 0.6) is 0 Å². The average molecular weight is 463 g/mol. The number of aromatic nitrogens is 4. The normalized spacial score (nSPS) is 14.5. The summed E-state index contributed by atoms with van der Waals surface area (Å²) in [4.78, 5) is 40.4. The van der Waals surface area contributed by atoms with Crippen LogP contribution in [0.3, 0.4) is 0 Å². The van der Waals surface area contributed by atoms with Gasteiger partial charge in [0.2, 0.25) is 0 Å². The van der Waals surface area contributed by atoms with Gasteiger partial charge in [0.1, 0.15) is 22.7 Å².